The van der Waals surface area contributed by atoms with Crippen molar-refractivity contribution in [3.05, 3.63) is 32.6 Å². The number of nitrogens with zero attached hydrogens (tertiary/aromatic N) is 1. The molecule has 0 spiro atoms. The molecule has 1 aromatic heterocycles. The van der Waals surface area contributed by atoms with Gasteiger partial charge in [0.05, 0.1) is 0 Å². The molecule has 0 bridgehead atoms. The average Bonchev–Trinajstić information content (AvgIpc) is 2.03. The maximum atomic E-state index is 11.2. The largest absolute Gasteiger partial charge is 0.328 e. The molecule has 12 heavy (non-hydrogen) atoms. The van der Waals surface area contributed by atoms with Gasteiger partial charge in [-0.05, 0) is 13.3 Å². The van der Waals surface area contributed by atoms with Crippen LogP contribution in [0, 0.1) is 0 Å². The van der Waals surface area contributed by atoms with Crippen molar-refractivity contribution in [3.63, 3.8) is 0 Å². The summed E-state index contributed by atoms with van der Waals surface area (Å²) < 4.78 is 1.56. The van der Waals surface area contributed by atoms with E-state index in [-0.39, 0.29) is 11.2 Å². The van der Waals surface area contributed by atoms with Crippen molar-refractivity contribution in [1.29, 1.82) is 0 Å². The molecule has 0 aliphatic heterocycles. The first-order valence-corrected chi connectivity index (χ1v) is 4.02. The highest BCUT2D eigenvalue weighted by Crippen LogP contribution is 1.92. The van der Waals surface area contributed by atoms with Crippen LogP contribution in [-0.4, -0.2) is 9.55 Å². The van der Waals surface area contributed by atoms with Gasteiger partial charge >= 0.3 is 5.69 Å². The minimum atomic E-state index is -0.318. The first-order chi connectivity index (χ1) is 5.69. The monoisotopic (exact) mass is 168 g/mol. The second kappa shape index (κ2) is 3.38. The molecule has 0 radical (unpaired) electrons. The highest BCUT2D eigenvalue weighted by Gasteiger charge is 2.00. The Morgan fingerprint density at radius 2 is 2.08 bits per heavy atom. The lowest BCUT2D eigenvalue weighted by molar-refractivity contribution is 0.651. The summed E-state index contributed by atoms with van der Waals surface area (Å²) in [5.41, 5.74) is 0.148. The summed E-state index contributed by atoms with van der Waals surface area (Å²) in [7, 11) is 0. The summed E-state index contributed by atoms with van der Waals surface area (Å²) in [6, 6.07) is 1.46. The minimum Gasteiger partial charge on any atom is -0.298 e. The summed E-state index contributed by atoms with van der Waals surface area (Å²) in [6.45, 7) is 4.39. The number of rotatable bonds is 2. The van der Waals surface area contributed by atoms with Gasteiger partial charge in [0.25, 0.3) is 5.56 Å². The minimum absolute atomic E-state index is 0.318. The first kappa shape index (κ1) is 8.77. The predicted molar refractivity (Wildman–Crippen MR) is 46.4 cm³/mol. The summed E-state index contributed by atoms with van der Waals surface area (Å²) in [5.74, 6) is 0. The van der Waals surface area contributed by atoms with E-state index in [1.807, 2.05) is 13.8 Å². The molecule has 1 heterocycles. The topological polar surface area (TPSA) is 54.9 Å². The van der Waals surface area contributed by atoms with Crippen LogP contribution < -0.4 is 11.2 Å². The van der Waals surface area contributed by atoms with Crippen molar-refractivity contribution in [3.8, 4) is 0 Å². The Hall–Kier alpha value is -1.32. The van der Waals surface area contributed by atoms with Gasteiger partial charge in [-0.25, -0.2) is 4.79 Å². The van der Waals surface area contributed by atoms with Gasteiger partial charge in [-0.2, -0.15) is 0 Å². The average molecular weight is 168 g/mol. The molecule has 1 rings (SSSR count). The van der Waals surface area contributed by atoms with Crippen molar-refractivity contribution < 1.29 is 0 Å². The van der Waals surface area contributed by atoms with Gasteiger partial charge in [-0.3, -0.25) is 14.3 Å². The summed E-state index contributed by atoms with van der Waals surface area (Å²) in [5, 5.41) is 0. The number of aromatic nitrogens is 2. The van der Waals surface area contributed by atoms with Crippen molar-refractivity contribution in [1.82, 2.24) is 9.55 Å². The lowest BCUT2D eigenvalue weighted by atomic mass is 10.3. The third-order valence-corrected chi connectivity index (χ3v) is 1.80. The maximum absolute atomic E-state index is 11.2. The lowest BCUT2D eigenvalue weighted by Crippen LogP contribution is -2.31. The molecule has 1 aromatic rings. The number of aromatic amines is 1. The smallest absolute Gasteiger partial charge is 0.298 e. The van der Waals surface area contributed by atoms with Gasteiger partial charge < -0.3 is 0 Å². The first-order valence-electron chi connectivity index (χ1n) is 4.02. The van der Waals surface area contributed by atoms with Crippen molar-refractivity contribution in [2.75, 3.05) is 0 Å². The second-order valence-corrected chi connectivity index (χ2v) is 2.53. The highest BCUT2D eigenvalue weighted by atomic mass is 16.2. The molecule has 0 aromatic carbocycles. The van der Waals surface area contributed by atoms with Crippen LogP contribution in [0.15, 0.2) is 15.7 Å². The molecule has 0 amide bonds. The third-order valence-electron chi connectivity index (χ3n) is 1.80. The van der Waals surface area contributed by atoms with E-state index in [1.165, 1.54) is 6.07 Å². The molecule has 0 aliphatic carbocycles. The van der Waals surface area contributed by atoms with E-state index in [1.54, 1.807) is 4.57 Å². The summed E-state index contributed by atoms with van der Waals surface area (Å²) >= 11 is 0. The quantitative estimate of drug-likeness (QED) is 0.681. The van der Waals surface area contributed by atoms with E-state index in [4.69, 9.17) is 0 Å². The van der Waals surface area contributed by atoms with E-state index in [9.17, 15) is 9.59 Å². The summed E-state index contributed by atoms with van der Waals surface area (Å²) in [4.78, 5) is 24.2. The molecule has 0 fully saturated rings. The van der Waals surface area contributed by atoms with Gasteiger partial charge in [0.15, 0.2) is 0 Å². The zero-order valence-electron chi connectivity index (χ0n) is 7.26. The van der Waals surface area contributed by atoms with E-state index in [2.05, 4.69) is 4.98 Å². The van der Waals surface area contributed by atoms with E-state index in [0.29, 0.717) is 13.0 Å². The number of aryl methyl sites for hydroxylation is 1. The molecule has 0 saturated heterocycles. The molecule has 0 aliphatic rings. The Bertz CT molecular complexity index is 375. The molecule has 0 saturated carbocycles. The van der Waals surface area contributed by atoms with Crippen LogP contribution in [-0.2, 0) is 13.0 Å². The number of hydrogen-bond acceptors (Lipinski definition) is 2. The maximum Gasteiger partial charge on any atom is 0.328 e. The van der Waals surface area contributed by atoms with Crippen LogP contribution in [0.2, 0.25) is 0 Å². The van der Waals surface area contributed by atoms with Gasteiger partial charge in [0, 0.05) is 18.3 Å². The standard InChI is InChI=1S/C8H12N2O2/c1-3-6-5-7(11)9-8(12)10(6)4-2/h5H,3-4H2,1-2H3,(H,9,11,12). The Kier molecular flexibility index (Phi) is 2.47. The van der Waals surface area contributed by atoms with Crippen LogP contribution in [0.25, 0.3) is 0 Å². The summed E-state index contributed by atoms with van der Waals surface area (Å²) in [6.07, 6.45) is 0.701. The van der Waals surface area contributed by atoms with Crippen LogP contribution >= 0.6 is 0 Å². The van der Waals surface area contributed by atoms with Crippen molar-refractivity contribution >= 4 is 0 Å². The van der Waals surface area contributed by atoms with Crippen LogP contribution in [0.1, 0.15) is 19.5 Å². The Balaban J connectivity index is 3.44. The fourth-order valence-electron chi connectivity index (χ4n) is 1.21. The Morgan fingerprint density at radius 3 is 2.58 bits per heavy atom. The van der Waals surface area contributed by atoms with Gasteiger partial charge in [0.2, 0.25) is 0 Å². The number of H-pyrrole nitrogens is 1. The fourth-order valence-corrected chi connectivity index (χ4v) is 1.21. The highest BCUT2D eigenvalue weighted by molar-refractivity contribution is 5.00. The third kappa shape index (κ3) is 1.47. The van der Waals surface area contributed by atoms with Crippen LogP contribution in [0.5, 0.6) is 0 Å². The second-order valence-electron chi connectivity index (χ2n) is 2.53. The SMILES string of the molecule is CCc1cc(=O)[nH]c(=O)n1CC. The number of nitrogens with one attached hydrogen (secondary N) is 1. The van der Waals surface area contributed by atoms with Crippen LogP contribution in [0.4, 0.5) is 0 Å². The normalized spacial score (nSPS) is 10.2. The Morgan fingerprint density at radius 1 is 1.42 bits per heavy atom. The lowest BCUT2D eigenvalue weighted by Gasteiger charge is -2.06. The van der Waals surface area contributed by atoms with Crippen molar-refractivity contribution in [2.24, 2.45) is 0 Å². The fraction of sp³-hybridized carbons (Fsp3) is 0.500. The van der Waals surface area contributed by atoms with Gasteiger partial charge in [0.1, 0.15) is 0 Å². The predicted octanol–water partition coefficient (Wildman–Crippen LogP) is 0.119. The molecule has 4 nitrogen and oxygen atoms in total. The molecule has 1 N–H and O–H groups in total. The Labute approximate surface area is 69.9 Å². The molecular formula is C8H12N2O2. The van der Waals surface area contributed by atoms with E-state index >= 15 is 0 Å². The van der Waals surface area contributed by atoms with Gasteiger partial charge in [-0.1, -0.05) is 6.92 Å². The van der Waals surface area contributed by atoms with E-state index < -0.39 is 0 Å². The van der Waals surface area contributed by atoms with Crippen molar-refractivity contribution in [2.45, 2.75) is 26.8 Å². The molecule has 0 unspecified atom stereocenters. The van der Waals surface area contributed by atoms with Crippen LogP contribution in [0.3, 0.4) is 0 Å². The zero-order valence-corrected chi connectivity index (χ0v) is 7.26. The molecular weight excluding hydrogens is 156 g/mol. The molecule has 4 heteroatoms. The number of hydrogen-bond donors (Lipinski definition) is 1. The van der Waals surface area contributed by atoms with Gasteiger partial charge in [-0.15, -0.1) is 0 Å². The molecule has 0 atom stereocenters. The van der Waals surface area contributed by atoms with E-state index in [0.717, 1.165) is 5.69 Å². The zero-order chi connectivity index (χ0) is 9.14. The molecule has 66 valence electrons.